The van der Waals surface area contributed by atoms with Crippen molar-refractivity contribution in [3.8, 4) is 17.5 Å². The molecule has 1 aliphatic heterocycles. The average molecular weight is 537 g/mol. The van der Waals surface area contributed by atoms with E-state index in [1.54, 1.807) is 44.2 Å². The van der Waals surface area contributed by atoms with Crippen LogP contribution in [0.15, 0.2) is 65.7 Å². The predicted octanol–water partition coefficient (Wildman–Crippen LogP) is 2.62. The molecule has 2 aromatic heterocycles. The molecule has 2 atom stereocenters. The van der Waals surface area contributed by atoms with Gasteiger partial charge in [0.25, 0.3) is 11.5 Å². The van der Waals surface area contributed by atoms with Gasteiger partial charge in [-0.25, -0.2) is 9.97 Å². The summed E-state index contributed by atoms with van der Waals surface area (Å²) in [5.41, 5.74) is 1.90. The van der Waals surface area contributed by atoms with E-state index in [1.165, 1.54) is 17.0 Å². The largest absolute Gasteiger partial charge is 0.368 e. The summed E-state index contributed by atoms with van der Waals surface area (Å²) < 4.78 is 6.89. The monoisotopic (exact) mass is 536 g/mol. The van der Waals surface area contributed by atoms with Gasteiger partial charge >= 0.3 is 0 Å². The van der Waals surface area contributed by atoms with Crippen molar-refractivity contribution in [2.75, 3.05) is 13.2 Å². The molecule has 4 aromatic rings. The molecule has 10 heteroatoms. The summed E-state index contributed by atoms with van der Waals surface area (Å²) in [6.45, 7) is 4.18. The smallest absolute Gasteiger partial charge is 0.272 e. The standard InChI is InChI=1S/C30H28N6O4/c1-19-26(32-17-16-31-19)29(38)34-20(2)27-35-23-13-6-9-21(10-7-15-33-28(37)24-14-8-18-40-24)25(23)30(39)36(27)22-11-4-3-5-12-22/h3-6,9,11-13,16-17,20,24H,8,14-15,18H2,1-2H3,(H,33,37)(H,34,38)/t20-,24-/m1/s1. The summed E-state index contributed by atoms with van der Waals surface area (Å²) in [5, 5.41) is 6.02. The molecule has 2 aromatic carbocycles. The third-order valence-electron chi connectivity index (χ3n) is 6.57. The summed E-state index contributed by atoms with van der Waals surface area (Å²) >= 11 is 0. The Morgan fingerprint density at radius 1 is 1.12 bits per heavy atom. The molecule has 1 saturated heterocycles. The maximum absolute atomic E-state index is 14.0. The van der Waals surface area contributed by atoms with Crippen LogP contribution in [-0.2, 0) is 9.53 Å². The lowest BCUT2D eigenvalue weighted by molar-refractivity contribution is -0.129. The van der Waals surface area contributed by atoms with Crippen molar-refractivity contribution < 1.29 is 14.3 Å². The molecule has 0 saturated carbocycles. The maximum Gasteiger partial charge on any atom is 0.272 e. The molecule has 0 unspecified atom stereocenters. The molecule has 1 fully saturated rings. The van der Waals surface area contributed by atoms with Gasteiger partial charge in [-0.3, -0.25) is 23.9 Å². The third-order valence-corrected chi connectivity index (χ3v) is 6.57. The summed E-state index contributed by atoms with van der Waals surface area (Å²) in [6.07, 6.45) is 4.11. The molecule has 2 amide bonds. The Labute approximate surface area is 230 Å². The van der Waals surface area contributed by atoms with Crippen molar-refractivity contribution in [2.45, 2.75) is 38.8 Å². The van der Waals surface area contributed by atoms with Crippen LogP contribution in [0.3, 0.4) is 0 Å². The van der Waals surface area contributed by atoms with Crippen molar-refractivity contribution in [2.24, 2.45) is 0 Å². The second-order valence-corrected chi connectivity index (χ2v) is 9.35. The van der Waals surface area contributed by atoms with Gasteiger partial charge in [0.2, 0.25) is 5.91 Å². The second kappa shape index (κ2) is 11.9. The first-order valence-electron chi connectivity index (χ1n) is 13.0. The van der Waals surface area contributed by atoms with Crippen LogP contribution in [0.4, 0.5) is 0 Å². The average Bonchev–Trinajstić information content (AvgIpc) is 3.51. The Balaban J connectivity index is 1.51. The number of hydrogen-bond acceptors (Lipinski definition) is 7. The van der Waals surface area contributed by atoms with Crippen LogP contribution < -0.4 is 16.2 Å². The van der Waals surface area contributed by atoms with Crippen molar-refractivity contribution in [3.05, 3.63) is 94.1 Å². The van der Waals surface area contributed by atoms with Crippen LogP contribution in [0, 0.1) is 18.8 Å². The fourth-order valence-corrected chi connectivity index (χ4v) is 4.60. The number of aromatic nitrogens is 4. The van der Waals surface area contributed by atoms with Crippen molar-refractivity contribution in [1.29, 1.82) is 0 Å². The van der Waals surface area contributed by atoms with E-state index in [2.05, 4.69) is 32.4 Å². The van der Waals surface area contributed by atoms with Gasteiger partial charge in [0.05, 0.1) is 34.9 Å². The highest BCUT2D eigenvalue weighted by Gasteiger charge is 2.23. The van der Waals surface area contributed by atoms with Crippen molar-refractivity contribution in [1.82, 2.24) is 30.2 Å². The van der Waals surface area contributed by atoms with E-state index >= 15 is 0 Å². The number of aryl methyl sites for hydroxylation is 1. The Morgan fingerprint density at radius 2 is 1.93 bits per heavy atom. The predicted molar refractivity (Wildman–Crippen MR) is 149 cm³/mol. The zero-order valence-corrected chi connectivity index (χ0v) is 22.2. The SMILES string of the molecule is Cc1nccnc1C(=O)N[C@H](C)c1nc2cccc(C#CCNC(=O)[C@H]3CCCO3)c2c(=O)n1-c1ccccc1. The maximum atomic E-state index is 14.0. The molecule has 0 radical (unpaired) electrons. The topological polar surface area (TPSA) is 128 Å². The number of ether oxygens (including phenoxy) is 1. The number of nitrogens with zero attached hydrogens (tertiary/aromatic N) is 4. The number of para-hydroxylation sites is 1. The molecule has 0 spiro atoms. The summed E-state index contributed by atoms with van der Waals surface area (Å²) in [4.78, 5) is 52.3. The first-order valence-corrected chi connectivity index (χ1v) is 13.0. The fraction of sp³-hybridized carbons (Fsp3) is 0.267. The Hall–Kier alpha value is -4.88. The lowest BCUT2D eigenvalue weighted by atomic mass is 10.1. The van der Waals surface area contributed by atoms with Gasteiger partial charge in [0.1, 0.15) is 17.6 Å². The van der Waals surface area contributed by atoms with E-state index in [9.17, 15) is 14.4 Å². The number of amides is 2. The van der Waals surface area contributed by atoms with Crippen molar-refractivity contribution in [3.63, 3.8) is 0 Å². The number of carbonyl (C=O) groups is 2. The Morgan fingerprint density at radius 3 is 2.67 bits per heavy atom. The van der Waals surface area contributed by atoms with Gasteiger partial charge < -0.3 is 15.4 Å². The fourth-order valence-electron chi connectivity index (χ4n) is 4.60. The van der Waals surface area contributed by atoms with Crippen LogP contribution in [0.1, 0.15) is 53.4 Å². The van der Waals surface area contributed by atoms with Gasteiger partial charge in [-0.15, -0.1) is 0 Å². The van der Waals surface area contributed by atoms with E-state index in [0.29, 0.717) is 46.7 Å². The quantitative estimate of drug-likeness (QED) is 0.363. The number of benzene rings is 2. The first-order chi connectivity index (χ1) is 19.4. The van der Waals surface area contributed by atoms with Crippen LogP contribution in [0.25, 0.3) is 16.6 Å². The summed E-state index contributed by atoms with van der Waals surface area (Å²) in [7, 11) is 0. The van der Waals surface area contributed by atoms with E-state index in [4.69, 9.17) is 9.72 Å². The number of nitrogens with one attached hydrogen (secondary N) is 2. The van der Waals surface area contributed by atoms with E-state index in [0.717, 1.165) is 6.42 Å². The van der Waals surface area contributed by atoms with Gasteiger partial charge in [0, 0.05) is 24.6 Å². The summed E-state index contributed by atoms with van der Waals surface area (Å²) in [5.74, 6) is 5.71. The number of rotatable bonds is 6. The Bertz CT molecular complexity index is 1680. The zero-order chi connectivity index (χ0) is 28.1. The molecule has 1 aliphatic rings. The molecular formula is C30H28N6O4. The highest BCUT2D eigenvalue weighted by molar-refractivity contribution is 5.93. The summed E-state index contributed by atoms with van der Waals surface area (Å²) in [6, 6.07) is 13.7. The van der Waals surface area contributed by atoms with Crippen molar-refractivity contribution >= 4 is 22.7 Å². The lowest BCUT2D eigenvalue weighted by Gasteiger charge is -2.20. The minimum Gasteiger partial charge on any atom is -0.368 e. The highest BCUT2D eigenvalue weighted by Crippen LogP contribution is 2.20. The third kappa shape index (κ3) is 5.60. The molecule has 40 heavy (non-hydrogen) atoms. The second-order valence-electron chi connectivity index (χ2n) is 9.35. The minimum atomic E-state index is -0.644. The normalized spacial score (nSPS) is 15.2. The van der Waals surface area contributed by atoms with Gasteiger partial charge in [-0.2, -0.15) is 0 Å². The number of hydrogen-bond donors (Lipinski definition) is 2. The molecule has 0 bridgehead atoms. The molecule has 2 N–H and O–H groups in total. The number of fused-ring (bicyclic) bond motifs is 1. The molecule has 0 aliphatic carbocycles. The molecule has 3 heterocycles. The van der Waals surface area contributed by atoms with E-state index < -0.39 is 18.1 Å². The molecule has 5 rings (SSSR count). The first kappa shape index (κ1) is 26.7. The van der Waals surface area contributed by atoms with Gasteiger partial charge in [-0.1, -0.05) is 36.1 Å². The van der Waals surface area contributed by atoms with Crippen LogP contribution in [-0.4, -0.2) is 50.6 Å². The molecule has 202 valence electrons. The number of carbonyl (C=O) groups excluding carboxylic acids is 2. The molecular weight excluding hydrogens is 508 g/mol. The Kier molecular flexibility index (Phi) is 7.94. The van der Waals surface area contributed by atoms with E-state index in [-0.39, 0.29) is 23.7 Å². The van der Waals surface area contributed by atoms with Crippen LogP contribution in [0.2, 0.25) is 0 Å². The van der Waals surface area contributed by atoms with Crippen LogP contribution in [0.5, 0.6) is 0 Å². The van der Waals surface area contributed by atoms with Gasteiger partial charge in [-0.05, 0) is 51.0 Å². The van der Waals surface area contributed by atoms with Gasteiger partial charge in [0.15, 0.2) is 0 Å². The lowest BCUT2D eigenvalue weighted by Crippen LogP contribution is -2.34. The zero-order valence-electron chi connectivity index (χ0n) is 22.2. The minimum absolute atomic E-state index is 0.123. The van der Waals surface area contributed by atoms with E-state index in [1.807, 2.05) is 18.2 Å². The van der Waals surface area contributed by atoms with Crippen LogP contribution >= 0.6 is 0 Å². The highest BCUT2D eigenvalue weighted by atomic mass is 16.5. The molecule has 10 nitrogen and oxygen atoms in total.